The number of carboxylic acids is 1. The zero-order chi connectivity index (χ0) is 13.3. The fourth-order valence-corrected chi connectivity index (χ4v) is 4.00. The van der Waals surface area contributed by atoms with Crippen LogP contribution in [0.15, 0.2) is 0 Å². The van der Waals surface area contributed by atoms with Crippen LogP contribution in [-0.4, -0.2) is 47.3 Å². The van der Waals surface area contributed by atoms with Gasteiger partial charge in [-0.3, -0.25) is 4.79 Å². The first kappa shape index (κ1) is 13.4. The van der Waals surface area contributed by atoms with E-state index in [0.717, 1.165) is 39.0 Å². The number of piperidine rings is 1. The number of carbonyl (C=O) groups is 1. The Bertz CT molecular complexity index is 332. The largest absolute Gasteiger partial charge is 0.481 e. The summed E-state index contributed by atoms with van der Waals surface area (Å²) in [5, 5.41) is 8.86. The number of hydrogen-bond donors (Lipinski definition) is 1. The molecule has 1 unspecified atom stereocenters. The summed E-state index contributed by atoms with van der Waals surface area (Å²) >= 11 is 0. The smallest absolute Gasteiger partial charge is 0.303 e. The number of ether oxygens (including phenoxy) is 1. The molecule has 0 radical (unpaired) electrons. The monoisotopic (exact) mass is 267 g/mol. The Balaban J connectivity index is 1.49. The molecular formula is C15H25NO3. The van der Waals surface area contributed by atoms with E-state index < -0.39 is 5.97 Å². The van der Waals surface area contributed by atoms with Gasteiger partial charge < -0.3 is 14.7 Å². The molecule has 3 fully saturated rings. The third kappa shape index (κ3) is 2.95. The van der Waals surface area contributed by atoms with Crippen molar-refractivity contribution in [3.63, 3.8) is 0 Å². The molecule has 2 saturated heterocycles. The average molecular weight is 267 g/mol. The van der Waals surface area contributed by atoms with E-state index in [1.807, 2.05) is 0 Å². The van der Waals surface area contributed by atoms with Gasteiger partial charge in [0.15, 0.2) is 0 Å². The van der Waals surface area contributed by atoms with Crippen LogP contribution in [0.3, 0.4) is 0 Å². The van der Waals surface area contributed by atoms with Crippen LogP contribution in [0.5, 0.6) is 0 Å². The van der Waals surface area contributed by atoms with Gasteiger partial charge in [0.25, 0.3) is 0 Å². The normalized spacial score (nSPS) is 32.1. The van der Waals surface area contributed by atoms with Gasteiger partial charge >= 0.3 is 5.97 Å². The maximum absolute atomic E-state index is 10.8. The van der Waals surface area contributed by atoms with Crippen LogP contribution in [0.25, 0.3) is 0 Å². The van der Waals surface area contributed by atoms with Crippen LogP contribution >= 0.6 is 0 Å². The lowest BCUT2D eigenvalue weighted by molar-refractivity contribution is -0.150. The molecule has 0 aromatic rings. The van der Waals surface area contributed by atoms with Crippen LogP contribution in [0.1, 0.15) is 51.4 Å². The molecule has 1 aliphatic carbocycles. The highest BCUT2D eigenvalue weighted by molar-refractivity contribution is 5.67. The van der Waals surface area contributed by atoms with Crippen LogP contribution in [-0.2, 0) is 9.53 Å². The SMILES string of the molecule is O=C(O)CC1CCN(C2CCOC3(CCC3)C2)CC1. The molecule has 0 aromatic carbocycles. The highest BCUT2D eigenvalue weighted by Gasteiger charge is 2.44. The molecule has 0 aromatic heterocycles. The highest BCUT2D eigenvalue weighted by Crippen LogP contribution is 2.43. The number of hydrogen-bond acceptors (Lipinski definition) is 3. The van der Waals surface area contributed by atoms with E-state index in [4.69, 9.17) is 9.84 Å². The van der Waals surface area contributed by atoms with Gasteiger partial charge in [-0.2, -0.15) is 0 Å². The summed E-state index contributed by atoms with van der Waals surface area (Å²) in [5.41, 5.74) is 0.223. The highest BCUT2D eigenvalue weighted by atomic mass is 16.5. The Hall–Kier alpha value is -0.610. The lowest BCUT2D eigenvalue weighted by atomic mass is 9.73. The molecule has 4 nitrogen and oxygen atoms in total. The van der Waals surface area contributed by atoms with E-state index in [1.54, 1.807) is 0 Å². The van der Waals surface area contributed by atoms with Crippen molar-refractivity contribution in [2.45, 2.75) is 63.0 Å². The molecule has 2 aliphatic heterocycles. The number of likely N-dealkylation sites (tertiary alicyclic amines) is 1. The molecule has 1 N–H and O–H groups in total. The van der Waals surface area contributed by atoms with Crippen molar-refractivity contribution in [3.8, 4) is 0 Å². The molecule has 108 valence electrons. The van der Waals surface area contributed by atoms with E-state index >= 15 is 0 Å². The third-order valence-electron chi connectivity index (χ3n) is 5.36. The second-order valence-corrected chi connectivity index (χ2v) is 6.61. The van der Waals surface area contributed by atoms with Gasteiger partial charge in [-0.25, -0.2) is 0 Å². The first-order valence-electron chi connectivity index (χ1n) is 7.77. The molecule has 1 saturated carbocycles. The first-order chi connectivity index (χ1) is 9.17. The van der Waals surface area contributed by atoms with E-state index in [2.05, 4.69) is 4.90 Å². The number of nitrogens with zero attached hydrogens (tertiary/aromatic N) is 1. The van der Waals surface area contributed by atoms with Crippen LogP contribution in [0.2, 0.25) is 0 Å². The van der Waals surface area contributed by atoms with E-state index in [1.165, 1.54) is 25.7 Å². The molecule has 2 heterocycles. The molecule has 3 rings (SSSR count). The van der Waals surface area contributed by atoms with Gasteiger partial charge in [0.1, 0.15) is 0 Å². The Morgan fingerprint density at radius 3 is 2.58 bits per heavy atom. The van der Waals surface area contributed by atoms with Gasteiger partial charge in [0.05, 0.1) is 5.60 Å². The molecule has 1 atom stereocenters. The molecule has 1 spiro atoms. The average Bonchev–Trinajstić information content (AvgIpc) is 2.37. The quantitative estimate of drug-likeness (QED) is 0.852. The first-order valence-corrected chi connectivity index (χ1v) is 7.77. The fourth-order valence-electron chi connectivity index (χ4n) is 4.00. The fraction of sp³-hybridized carbons (Fsp3) is 0.933. The van der Waals surface area contributed by atoms with E-state index in [-0.39, 0.29) is 5.60 Å². The van der Waals surface area contributed by atoms with Crippen LogP contribution < -0.4 is 0 Å². The summed E-state index contributed by atoms with van der Waals surface area (Å²) in [6.45, 7) is 3.08. The molecule has 3 aliphatic rings. The number of rotatable bonds is 3. The maximum atomic E-state index is 10.8. The minimum atomic E-state index is -0.641. The standard InChI is InChI=1S/C15H25NO3/c17-14(18)10-12-2-7-16(8-3-12)13-4-9-19-15(11-13)5-1-6-15/h12-13H,1-11H2,(H,17,18). The van der Waals surface area contributed by atoms with Gasteiger partial charge in [-0.05, 0) is 64.0 Å². The van der Waals surface area contributed by atoms with Crippen LogP contribution in [0, 0.1) is 5.92 Å². The second kappa shape index (κ2) is 5.41. The number of carboxylic acid groups (broad SMARTS) is 1. The van der Waals surface area contributed by atoms with Gasteiger partial charge in [-0.15, -0.1) is 0 Å². The molecular weight excluding hydrogens is 242 g/mol. The zero-order valence-electron chi connectivity index (χ0n) is 11.6. The second-order valence-electron chi connectivity index (χ2n) is 6.61. The third-order valence-corrected chi connectivity index (χ3v) is 5.36. The van der Waals surface area contributed by atoms with Gasteiger partial charge in [0, 0.05) is 19.1 Å². The molecule has 4 heteroatoms. The topological polar surface area (TPSA) is 49.8 Å². The van der Waals surface area contributed by atoms with Crippen molar-refractivity contribution in [1.82, 2.24) is 4.90 Å². The Labute approximate surface area is 115 Å². The van der Waals surface area contributed by atoms with Crippen LogP contribution in [0.4, 0.5) is 0 Å². The molecule has 19 heavy (non-hydrogen) atoms. The summed E-state index contributed by atoms with van der Waals surface area (Å²) < 4.78 is 5.99. The summed E-state index contributed by atoms with van der Waals surface area (Å²) in [7, 11) is 0. The Morgan fingerprint density at radius 2 is 2.00 bits per heavy atom. The zero-order valence-corrected chi connectivity index (χ0v) is 11.6. The minimum Gasteiger partial charge on any atom is -0.481 e. The van der Waals surface area contributed by atoms with Crippen molar-refractivity contribution in [3.05, 3.63) is 0 Å². The lowest BCUT2D eigenvalue weighted by Crippen LogP contribution is -2.53. The predicted molar refractivity (Wildman–Crippen MR) is 72.1 cm³/mol. The summed E-state index contributed by atoms with van der Waals surface area (Å²) in [4.78, 5) is 13.4. The minimum absolute atomic E-state index is 0.223. The van der Waals surface area contributed by atoms with Crippen molar-refractivity contribution in [1.29, 1.82) is 0 Å². The summed E-state index contributed by atoms with van der Waals surface area (Å²) in [6.07, 6.45) is 8.65. The maximum Gasteiger partial charge on any atom is 0.303 e. The Morgan fingerprint density at radius 1 is 1.26 bits per heavy atom. The Kier molecular flexibility index (Phi) is 3.81. The van der Waals surface area contributed by atoms with Crippen molar-refractivity contribution >= 4 is 5.97 Å². The van der Waals surface area contributed by atoms with Crippen molar-refractivity contribution in [2.75, 3.05) is 19.7 Å². The van der Waals surface area contributed by atoms with E-state index in [9.17, 15) is 4.79 Å². The summed E-state index contributed by atoms with van der Waals surface area (Å²) in [5.74, 6) is -0.246. The predicted octanol–water partition coefficient (Wildman–Crippen LogP) is 2.27. The molecule has 0 amide bonds. The molecule has 0 bridgehead atoms. The van der Waals surface area contributed by atoms with Gasteiger partial charge in [0.2, 0.25) is 0 Å². The van der Waals surface area contributed by atoms with Crippen molar-refractivity contribution < 1.29 is 14.6 Å². The van der Waals surface area contributed by atoms with Gasteiger partial charge in [-0.1, -0.05) is 0 Å². The number of aliphatic carboxylic acids is 1. The lowest BCUT2D eigenvalue weighted by Gasteiger charge is -2.50. The van der Waals surface area contributed by atoms with E-state index in [0.29, 0.717) is 18.4 Å². The summed E-state index contributed by atoms with van der Waals surface area (Å²) in [6, 6.07) is 0.680. The van der Waals surface area contributed by atoms with Crippen molar-refractivity contribution in [2.24, 2.45) is 5.92 Å².